The summed E-state index contributed by atoms with van der Waals surface area (Å²) < 4.78 is 5.30. The smallest absolute Gasteiger partial charge is 0.335 e. The topological polar surface area (TPSA) is 26.3 Å². The van der Waals surface area contributed by atoms with Crippen molar-refractivity contribution in [3.05, 3.63) is 48.6 Å². The third kappa shape index (κ3) is 7.50. The Labute approximate surface area is 128 Å². The average Bonchev–Trinajstić information content (AvgIpc) is 2.46. The van der Waals surface area contributed by atoms with E-state index in [0.29, 0.717) is 5.75 Å². The van der Waals surface area contributed by atoms with Crippen LogP contribution in [0.3, 0.4) is 0 Å². The number of carbonyl (C=O) groups excluding carboxylic acids is 1. The Morgan fingerprint density at radius 3 is 2.71 bits per heavy atom. The summed E-state index contributed by atoms with van der Waals surface area (Å²) in [4.78, 5) is 11.7. The minimum atomic E-state index is -0.327. The minimum Gasteiger partial charge on any atom is -0.423 e. The maximum Gasteiger partial charge on any atom is 0.335 e. The molecule has 0 fully saturated rings. The quantitative estimate of drug-likeness (QED) is 0.263. The standard InChI is InChI=1S/C19H26O2/c1-4-17-13-10-11-14-18(17)21-19(20)15-9-7-5-6-8-12-16(2)3/h4,9-11,13-16H,1,5-8,12H2,2-3H3/b15-9+. The van der Waals surface area contributed by atoms with E-state index in [1.54, 1.807) is 12.1 Å². The lowest BCUT2D eigenvalue weighted by Crippen LogP contribution is -2.04. The maximum atomic E-state index is 11.7. The van der Waals surface area contributed by atoms with Crippen LogP contribution in [0.2, 0.25) is 0 Å². The summed E-state index contributed by atoms with van der Waals surface area (Å²) in [5.41, 5.74) is 0.827. The summed E-state index contributed by atoms with van der Waals surface area (Å²) in [5.74, 6) is 1.01. The van der Waals surface area contributed by atoms with E-state index in [9.17, 15) is 4.79 Å². The van der Waals surface area contributed by atoms with Crippen LogP contribution in [0.4, 0.5) is 0 Å². The Morgan fingerprint density at radius 1 is 1.24 bits per heavy atom. The highest BCUT2D eigenvalue weighted by atomic mass is 16.5. The van der Waals surface area contributed by atoms with Crippen LogP contribution < -0.4 is 4.74 Å². The van der Waals surface area contributed by atoms with Gasteiger partial charge in [0, 0.05) is 11.6 Å². The molecule has 0 atom stereocenters. The number of hydrogen-bond donors (Lipinski definition) is 0. The fourth-order valence-electron chi connectivity index (χ4n) is 2.06. The first-order chi connectivity index (χ1) is 10.1. The molecule has 0 aliphatic carbocycles. The fourth-order valence-corrected chi connectivity index (χ4v) is 2.06. The molecule has 0 radical (unpaired) electrons. The number of unbranched alkanes of at least 4 members (excludes halogenated alkanes) is 3. The third-order valence-electron chi connectivity index (χ3n) is 3.26. The highest BCUT2D eigenvalue weighted by molar-refractivity contribution is 5.84. The lowest BCUT2D eigenvalue weighted by atomic mass is 10.0. The van der Waals surface area contributed by atoms with Gasteiger partial charge >= 0.3 is 5.97 Å². The molecule has 21 heavy (non-hydrogen) atoms. The van der Waals surface area contributed by atoms with Crippen molar-refractivity contribution in [1.29, 1.82) is 0 Å². The lowest BCUT2D eigenvalue weighted by Gasteiger charge is -2.04. The van der Waals surface area contributed by atoms with E-state index in [1.165, 1.54) is 25.3 Å². The van der Waals surface area contributed by atoms with Crippen molar-refractivity contribution in [2.45, 2.75) is 46.0 Å². The van der Waals surface area contributed by atoms with Crippen molar-refractivity contribution < 1.29 is 9.53 Å². The number of para-hydroxylation sites is 1. The molecule has 1 aromatic carbocycles. The van der Waals surface area contributed by atoms with Gasteiger partial charge in [-0.3, -0.25) is 0 Å². The van der Waals surface area contributed by atoms with Crippen molar-refractivity contribution in [3.8, 4) is 5.75 Å². The number of hydrogen-bond acceptors (Lipinski definition) is 2. The van der Waals surface area contributed by atoms with E-state index in [1.807, 2.05) is 24.3 Å². The second-order valence-electron chi connectivity index (χ2n) is 5.60. The van der Waals surface area contributed by atoms with Gasteiger partial charge in [0.2, 0.25) is 0 Å². The zero-order valence-corrected chi connectivity index (χ0v) is 13.2. The molecule has 0 bridgehead atoms. The Balaban J connectivity index is 2.27. The summed E-state index contributed by atoms with van der Waals surface area (Å²) in [7, 11) is 0. The van der Waals surface area contributed by atoms with Gasteiger partial charge in [-0.15, -0.1) is 0 Å². The third-order valence-corrected chi connectivity index (χ3v) is 3.26. The molecule has 2 nitrogen and oxygen atoms in total. The molecular formula is C19H26O2. The fraction of sp³-hybridized carbons (Fsp3) is 0.421. The maximum absolute atomic E-state index is 11.7. The molecule has 0 amide bonds. The largest absolute Gasteiger partial charge is 0.423 e. The number of ether oxygens (including phenoxy) is 1. The van der Waals surface area contributed by atoms with Gasteiger partial charge in [0.25, 0.3) is 0 Å². The van der Waals surface area contributed by atoms with Crippen LogP contribution in [0.1, 0.15) is 51.5 Å². The number of carbonyl (C=O) groups is 1. The number of rotatable bonds is 9. The van der Waals surface area contributed by atoms with Gasteiger partial charge < -0.3 is 4.74 Å². The van der Waals surface area contributed by atoms with Crippen LogP contribution >= 0.6 is 0 Å². The molecule has 0 spiro atoms. The highest BCUT2D eigenvalue weighted by Crippen LogP contribution is 2.19. The first-order valence-corrected chi connectivity index (χ1v) is 7.73. The first-order valence-electron chi connectivity index (χ1n) is 7.73. The number of esters is 1. The van der Waals surface area contributed by atoms with Crippen LogP contribution in [0.25, 0.3) is 6.08 Å². The Kier molecular flexibility index (Phi) is 8.18. The van der Waals surface area contributed by atoms with E-state index in [2.05, 4.69) is 20.4 Å². The Hall–Kier alpha value is -1.83. The zero-order chi connectivity index (χ0) is 15.5. The molecule has 0 unspecified atom stereocenters. The molecule has 1 rings (SSSR count). The van der Waals surface area contributed by atoms with E-state index in [0.717, 1.165) is 24.3 Å². The van der Waals surface area contributed by atoms with E-state index in [4.69, 9.17) is 4.74 Å². The normalized spacial score (nSPS) is 11.0. The Morgan fingerprint density at radius 2 is 2.00 bits per heavy atom. The second kappa shape index (κ2) is 9.98. The molecule has 114 valence electrons. The van der Waals surface area contributed by atoms with Crippen LogP contribution in [0, 0.1) is 5.92 Å². The molecule has 0 N–H and O–H groups in total. The average molecular weight is 286 g/mol. The van der Waals surface area contributed by atoms with Crippen molar-refractivity contribution in [1.82, 2.24) is 0 Å². The van der Waals surface area contributed by atoms with Gasteiger partial charge in [0.1, 0.15) is 5.75 Å². The van der Waals surface area contributed by atoms with Crippen LogP contribution in [-0.2, 0) is 4.79 Å². The molecule has 0 aliphatic heterocycles. The van der Waals surface area contributed by atoms with Crippen molar-refractivity contribution in [2.24, 2.45) is 5.92 Å². The molecule has 0 aliphatic rings. The van der Waals surface area contributed by atoms with Gasteiger partial charge in [-0.2, -0.15) is 0 Å². The van der Waals surface area contributed by atoms with E-state index >= 15 is 0 Å². The number of benzene rings is 1. The van der Waals surface area contributed by atoms with Crippen molar-refractivity contribution in [2.75, 3.05) is 0 Å². The molecule has 2 heteroatoms. The van der Waals surface area contributed by atoms with Crippen LogP contribution in [0.15, 0.2) is 43.0 Å². The predicted octanol–water partition coefficient (Wildman–Crippen LogP) is 5.40. The second-order valence-corrected chi connectivity index (χ2v) is 5.60. The highest BCUT2D eigenvalue weighted by Gasteiger charge is 2.03. The minimum absolute atomic E-state index is 0.327. The van der Waals surface area contributed by atoms with Gasteiger partial charge in [0.15, 0.2) is 0 Å². The van der Waals surface area contributed by atoms with Gasteiger partial charge in [-0.25, -0.2) is 4.79 Å². The summed E-state index contributed by atoms with van der Waals surface area (Å²) in [6, 6.07) is 7.37. The first kappa shape index (κ1) is 17.2. The summed E-state index contributed by atoms with van der Waals surface area (Å²) in [5, 5.41) is 0. The SMILES string of the molecule is C=Cc1ccccc1OC(=O)/C=C/CCCCCC(C)C. The van der Waals surface area contributed by atoms with Crippen molar-refractivity contribution in [3.63, 3.8) is 0 Å². The van der Waals surface area contributed by atoms with Crippen LogP contribution in [-0.4, -0.2) is 5.97 Å². The molecular weight excluding hydrogens is 260 g/mol. The number of allylic oxidation sites excluding steroid dienone is 1. The van der Waals surface area contributed by atoms with Gasteiger partial charge in [0.05, 0.1) is 0 Å². The van der Waals surface area contributed by atoms with Crippen molar-refractivity contribution >= 4 is 12.0 Å². The molecule has 0 saturated carbocycles. The lowest BCUT2D eigenvalue weighted by molar-refractivity contribution is -0.129. The van der Waals surface area contributed by atoms with E-state index in [-0.39, 0.29) is 5.97 Å². The zero-order valence-electron chi connectivity index (χ0n) is 13.2. The summed E-state index contributed by atoms with van der Waals surface area (Å²) in [6.07, 6.45) is 10.9. The Bertz CT molecular complexity index is 472. The molecule has 0 saturated heterocycles. The van der Waals surface area contributed by atoms with Gasteiger partial charge in [-0.05, 0) is 24.8 Å². The molecule has 0 heterocycles. The predicted molar refractivity (Wildman–Crippen MR) is 89.2 cm³/mol. The van der Waals surface area contributed by atoms with Gasteiger partial charge in [-0.1, -0.05) is 70.0 Å². The monoisotopic (exact) mass is 286 g/mol. The molecule has 1 aromatic rings. The summed E-state index contributed by atoms with van der Waals surface area (Å²) in [6.45, 7) is 8.20. The summed E-state index contributed by atoms with van der Waals surface area (Å²) >= 11 is 0. The molecule has 0 aromatic heterocycles. The van der Waals surface area contributed by atoms with Crippen LogP contribution in [0.5, 0.6) is 5.75 Å². The van der Waals surface area contributed by atoms with E-state index < -0.39 is 0 Å².